The Hall–Kier alpha value is -0.520. The molecule has 0 aliphatic heterocycles. The van der Waals surface area contributed by atoms with E-state index < -0.39 is 0 Å². The Balaban J connectivity index is 3.47. The lowest BCUT2D eigenvalue weighted by Crippen LogP contribution is -1.74. The van der Waals surface area contributed by atoms with Crippen LogP contribution in [0.15, 0.2) is 23.3 Å². The first-order valence-electron chi connectivity index (χ1n) is 3.92. The molecule has 58 valence electrons. The van der Waals surface area contributed by atoms with Crippen LogP contribution in [0.25, 0.3) is 0 Å². The maximum Gasteiger partial charge on any atom is -0.0288 e. The molecular formula is C10H18. The number of hydrogen-bond donors (Lipinski definition) is 0. The molecule has 0 fully saturated rings. The third kappa shape index (κ3) is 5.61. The van der Waals surface area contributed by atoms with Crippen LogP contribution in [0, 0.1) is 0 Å². The predicted octanol–water partition coefficient (Wildman–Crippen LogP) is 3.70. The van der Waals surface area contributed by atoms with E-state index in [1.54, 1.807) is 0 Å². The molecule has 0 spiro atoms. The zero-order chi connectivity index (χ0) is 7.98. The van der Waals surface area contributed by atoms with Crippen LogP contribution in [0.2, 0.25) is 0 Å². The summed E-state index contributed by atoms with van der Waals surface area (Å²) in [4.78, 5) is 0. The van der Waals surface area contributed by atoms with Crippen LogP contribution in [0.4, 0.5) is 0 Å². The highest BCUT2D eigenvalue weighted by Gasteiger charge is 1.84. The fourth-order valence-corrected chi connectivity index (χ4v) is 0.733. The lowest BCUT2D eigenvalue weighted by molar-refractivity contribution is 0.964. The fraction of sp³-hybridized carbons (Fsp3) is 0.600. The third-order valence-electron chi connectivity index (χ3n) is 1.58. The van der Waals surface area contributed by atoms with Gasteiger partial charge < -0.3 is 0 Å². The van der Waals surface area contributed by atoms with Crippen LogP contribution in [0.5, 0.6) is 0 Å². The lowest BCUT2D eigenvalue weighted by atomic mass is 10.1. The fourth-order valence-electron chi connectivity index (χ4n) is 0.733. The van der Waals surface area contributed by atoms with Crippen LogP contribution in [0.1, 0.15) is 40.5 Å². The minimum Gasteiger partial charge on any atom is -0.0887 e. The highest BCUT2D eigenvalue weighted by molar-refractivity contribution is 5.00. The van der Waals surface area contributed by atoms with Crippen molar-refractivity contribution in [3.05, 3.63) is 23.3 Å². The maximum atomic E-state index is 2.28. The molecule has 0 aliphatic rings. The second-order valence-electron chi connectivity index (χ2n) is 2.96. The average molecular weight is 138 g/mol. The van der Waals surface area contributed by atoms with Crippen molar-refractivity contribution in [2.45, 2.75) is 40.5 Å². The molecule has 0 amide bonds. The van der Waals surface area contributed by atoms with Gasteiger partial charge in [0.15, 0.2) is 0 Å². The van der Waals surface area contributed by atoms with Gasteiger partial charge in [-0.05, 0) is 40.5 Å². The van der Waals surface area contributed by atoms with Gasteiger partial charge in [-0.1, -0.05) is 23.3 Å². The van der Waals surface area contributed by atoms with Crippen LogP contribution in [-0.4, -0.2) is 0 Å². The molecule has 0 atom stereocenters. The van der Waals surface area contributed by atoms with E-state index in [1.165, 1.54) is 24.0 Å². The molecule has 0 unspecified atom stereocenters. The standard InChI is InChI=1S/C10H18/c1-5-10(4)8-6-7-9(2)3/h5,7H,6,8H2,1-4H3/b10-5+. The molecule has 0 N–H and O–H groups in total. The van der Waals surface area contributed by atoms with Crippen LogP contribution < -0.4 is 0 Å². The van der Waals surface area contributed by atoms with Gasteiger partial charge in [0, 0.05) is 0 Å². The van der Waals surface area contributed by atoms with Gasteiger partial charge in [-0.15, -0.1) is 0 Å². The van der Waals surface area contributed by atoms with Gasteiger partial charge in [-0.3, -0.25) is 0 Å². The molecule has 0 saturated heterocycles. The molecule has 0 heteroatoms. The van der Waals surface area contributed by atoms with E-state index in [4.69, 9.17) is 0 Å². The van der Waals surface area contributed by atoms with Crippen molar-refractivity contribution in [1.29, 1.82) is 0 Å². The van der Waals surface area contributed by atoms with E-state index >= 15 is 0 Å². The molecule has 0 saturated carbocycles. The Labute approximate surface area is 64.6 Å². The molecule has 0 bridgehead atoms. The first-order valence-corrected chi connectivity index (χ1v) is 3.92. The van der Waals surface area contributed by atoms with Gasteiger partial charge in [0.1, 0.15) is 0 Å². The summed E-state index contributed by atoms with van der Waals surface area (Å²) in [5.74, 6) is 0. The summed E-state index contributed by atoms with van der Waals surface area (Å²) in [6, 6.07) is 0. The van der Waals surface area contributed by atoms with Gasteiger partial charge in [0.05, 0.1) is 0 Å². The summed E-state index contributed by atoms with van der Waals surface area (Å²) in [7, 11) is 0. The van der Waals surface area contributed by atoms with Crippen molar-refractivity contribution < 1.29 is 0 Å². The first-order chi connectivity index (χ1) is 4.66. The Morgan fingerprint density at radius 3 is 2.20 bits per heavy atom. The van der Waals surface area contributed by atoms with Crippen molar-refractivity contribution in [3.63, 3.8) is 0 Å². The zero-order valence-corrected chi connectivity index (χ0v) is 7.57. The normalized spacial score (nSPS) is 11.4. The van der Waals surface area contributed by atoms with E-state index in [-0.39, 0.29) is 0 Å². The zero-order valence-electron chi connectivity index (χ0n) is 7.57. The molecule has 0 aromatic rings. The second-order valence-corrected chi connectivity index (χ2v) is 2.96. The van der Waals surface area contributed by atoms with Gasteiger partial charge >= 0.3 is 0 Å². The summed E-state index contributed by atoms with van der Waals surface area (Å²) in [6.07, 6.45) is 6.87. The SMILES string of the molecule is C/C=C(\C)CCC=C(C)C. The van der Waals surface area contributed by atoms with Gasteiger partial charge in [0.2, 0.25) is 0 Å². The molecule has 0 aliphatic carbocycles. The highest BCUT2D eigenvalue weighted by Crippen LogP contribution is 2.05. The Kier molecular flexibility index (Phi) is 5.00. The maximum absolute atomic E-state index is 2.28. The van der Waals surface area contributed by atoms with Crippen molar-refractivity contribution >= 4 is 0 Å². The lowest BCUT2D eigenvalue weighted by Gasteiger charge is -1.95. The molecule has 0 aromatic carbocycles. The minimum atomic E-state index is 1.19. The largest absolute Gasteiger partial charge is 0.0887 e. The topological polar surface area (TPSA) is 0 Å². The predicted molar refractivity (Wildman–Crippen MR) is 48.1 cm³/mol. The molecule has 0 aromatic heterocycles. The Morgan fingerprint density at radius 1 is 1.20 bits per heavy atom. The van der Waals surface area contributed by atoms with Gasteiger partial charge in [-0.25, -0.2) is 0 Å². The van der Waals surface area contributed by atoms with E-state index in [0.717, 1.165) is 0 Å². The van der Waals surface area contributed by atoms with Crippen LogP contribution in [0.3, 0.4) is 0 Å². The summed E-state index contributed by atoms with van der Waals surface area (Å²) >= 11 is 0. The van der Waals surface area contributed by atoms with Crippen LogP contribution >= 0.6 is 0 Å². The summed E-state index contributed by atoms with van der Waals surface area (Å²) < 4.78 is 0. The van der Waals surface area contributed by atoms with Crippen molar-refractivity contribution in [1.82, 2.24) is 0 Å². The Bertz CT molecular complexity index is 134. The third-order valence-corrected chi connectivity index (χ3v) is 1.58. The van der Waals surface area contributed by atoms with E-state index in [9.17, 15) is 0 Å². The molecule has 0 heterocycles. The molecule has 10 heavy (non-hydrogen) atoms. The highest BCUT2D eigenvalue weighted by atomic mass is 13.9. The monoisotopic (exact) mass is 138 g/mol. The number of hydrogen-bond acceptors (Lipinski definition) is 0. The van der Waals surface area contributed by atoms with Gasteiger partial charge in [0.25, 0.3) is 0 Å². The first kappa shape index (κ1) is 9.48. The molecular weight excluding hydrogens is 120 g/mol. The minimum absolute atomic E-state index is 1.19. The quantitative estimate of drug-likeness (QED) is 0.522. The van der Waals surface area contributed by atoms with Crippen molar-refractivity contribution in [2.24, 2.45) is 0 Å². The molecule has 0 radical (unpaired) electrons. The molecule has 0 rings (SSSR count). The van der Waals surface area contributed by atoms with Gasteiger partial charge in [-0.2, -0.15) is 0 Å². The van der Waals surface area contributed by atoms with E-state index in [1.807, 2.05) is 0 Å². The van der Waals surface area contributed by atoms with E-state index in [0.29, 0.717) is 0 Å². The van der Waals surface area contributed by atoms with Crippen LogP contribution in [-0.2, 0) is 0 Å². The second kappa shape index (κ2) is 5.28. The number of allylic oxidation sites excluding steroid dienone is 4. The average Bonchev–Trinajstić information content (AvgIpc) is 1.87. The summed E-state index contributed by atoms with van der Waals surface area (Å²) in [6.45, 7) is 8.56. The Morgan fingerprint density at radius 2 is 1.80 bits per heavy atom. The molecule has 0 nitrogen and oxygen atoms in total. The van der Waals surface area contributed by atoms with E-state index in [2.05, 4.69) is 39.8 Å². The van der Waals surface area contributed by atoms with Crippen molar-refractivity contribution in [3.8, 4) is 0 Å². The smallest absolute Gasteiger partial charge is 0.0288 e. The van der Waals surface area contributed by atoms with Crippen molar-refractivity contribution in [2.75, 3.05) is 0 Å². The summed E-state index contributed by atoms with van der Waals surface area (Å²) in [5, 5.41) is 0. The number of rotatable bonds is 3. The summed E-state index contributed by atoms with van der Waals surface area (Å²) in [5.41, 5.74) is 2.90.